The van der Waals surface area contributed by atoms with Gasteiger partial charge in [-0.1, -0.05) is 6.07 Å². The van der Waals surface area contributed by atoms with Crippen LogP contribution in [0.25, 0.3) is 22.9 Å². The minimum Gasteiger partial charge on any atom is -0.493 e. The first-order valence-corrected chi connectivity index (χ1v) is 10.3. The van der Waals surface area contributed by atoms with Crippen molar-refractivity contribution in [3.8, 4) is 40.2 Å². The summed E-state index contributed by atoms with van der Waals surface area (Å²) in [7, 11) is 3.89. The van der Waals surface area contributed by atoms with Crippen molar-refractivity contribution in [2.75, 3.05) is 35.4 Å². The molecule has 30 heavy (non-hydrogen) atoms. The Hall–Kier alpha value is -3.11. The Balaban J connectivity index is 2.06. The van der Waals surface area contributed by atoms with E-state index in [4.69, 9.17) is 18.6 Å². The number of methoxy groups -OCH3 is 3. The largest absolute Gasteiger partial charge is 0.493 e. The lowest BCUT2D eigenvalue weighted by atomic mass is 10.1. The van der Waals surface area contributed by atoms with Gasteiger partial charge in [0, 0.05) is 25.2 Å². The van der Waals surface area contributed by atoms with Crippen LogP contribution in [0.2, 0.25) is 0 Å². The number of nitrogens with zero attached hydrogens (tertiary/aromatic N) is 3. The first kappa shape index (κ1) is 21.6. The third-order valence-electron chi connectivity index (χ3n) is 4.53. The van der Waals surface area contributed by atoms with Gasteiger partial charge in [0.15, 0.2) is 11.5 Å². The summed E-state index contributed by atoms with van der Waals surface area (Å²) in [6.07, 6.45) is 0. The summed E-state index contributed by atoms with van der Waals surface area (Å²) < 4.78 is 48.2. The summed E-state index contributed by atoms with van der Waals surface area (Å²) in [6, 6.07) is 8.34. The zero-order valence-corrected chi connectivity index (χ0v) is 18.4. The van der Waals surface area contributed by atoms with E-state index in [9.17, 15) is 8.42 Å². The molecule has 0 saturated heterocycles. The molecule has 160 valence electrons. The highest BCUT2D eigenvalue weighted by Gasteiger charge is 2.22. The second kappa shape index (κ2) is 8.33. The van der Waals surface area contributed by atoms with Crippen molar-refractivity contribution >= 4 is 10.0 Å². The van der Waals surface area contributed by atoms with Crippen molar-refractivity contribution in [1.29, 1.82) is 0 Å². The standard InChI is InChI=1S/C20H23N3O6S/c1-12-7-8-13(11-17(12)30(24,25)23(2)3)19-21-22-20(29-19)14-9-15(26-4)18(28-6)16(10-14)27-5/h7-11H,1-6H3. The molecule has 0 aliphatic carbocycles. The smallest absolute Gasteiger partial charge is 0.248 e. The fourth-order valence-electron chi connectivity index (χ4n) is 2.87. The van der Waals surface area contributed by atoms with E-state index in [2.05, 4.69) is 10.2 Å². The monoisotopic (exact) mass is 433 g/mol. The first-order chi connectivity index (χ1) is 14.2. The summed E-state index contributed by atoms with van der Waals surface area (Å²) in [5, 5.41) is 8.17. The van der Waals surface area contributed by atoms with E-state index in [0.29, 0.717) is 33.9 Å². The summed E-state index contributed by atoms with van der Waals surface area (Å²) >= 11 is 0. The van der Waals surface area contributed by atoms with Crippen LogP contribution in [0.1, 0.15) is 5.56 Å². The molecule has 10 heteroatoms. The second-order valence-electron chi connectivity index (χ2n) is 6.59. The zero-order chi connectivity index (χ0) is 22.1. The number of hydrogen-bond donors (Lipinski definition) is 0. The number of aryl methyl sites for hydroxylation is 1. The predicted molar refractivity (Wildman–Crippen MR) is 110 cm³/mol. The van der Waals surface area contributed by atoms with Crippen LogP contribution in [-0.2, 0) is 10.0 Å². The van der Waals surface area contributed by atoms with Crippen LogP contribution in [0.5, 0.6) is 17.2 Å². The highest BCUT2D eigenvalue weighted by Crippen LogP contribution is 2.41. The highest BCUT2D eigenvalue weighted by atomic mass is 32.2. The van der Waals surface area contributed by atoms with Gasteiger partial charge >= 0.3 is 0 Å². The molecule has 2 aromatic carbocycles. The van der Waals surface area contributed by atoms with E-state index in [1.165, 1.54) is 41.5 Å². The Morgan fingerprint density at radius 2 is 1.43 bits per heavy atom. The van der Waals surface area contributed by atoms with Crippen LogP contribution in [0.4, 0.5) is 0 Å². The molecule has 0 radical (unpaired) electrons. The lowest BCUT2D eigenvalue weighted by Crippen LogP contribution is -2.23. The molecule has 3 rings (SSSR count). The molecule has 0 aliphatic rings. The first-order valence-electron chi connectivity index (χ1n) is 8.90. The Bertz CT molecular complexity index is 1150. The second-order valence-corrected chi connectivity index (χ2v) is 8.71. The Morgan fingerprint density at radius 3 is 1.93 bits per heavy atom. The lowest BCUT2D eigenvalue weighted by molar-refractivity contribution is 0.324. The molecule has 0 unspecified atom stereocenters. The molecule has 0 bridgehead atoms. The van der Waals surface area contributed by atoms with Gasteiger partial charge in [-0.2, -0.15) is 0 Å². The molecule has 0 saturated carbocycles. The highest BCUT2D eigenvalue weighted by molar-refractivity contribution is 7.89. The van der Waals surface area contributed by atoms with Gasteiger partial charge < -0.3 is 18.6 Å². The molecule has 0 N–H and O–H groups in total. The quantitative estimate of drug-likeness (QED) is 0.560. The van der Waals surface area contributed by atoms with Crippen LogP contribution in [0, 0.1) is 6.92 Å². The van der Waals surface area contributed by atoms with E-state index in [-0.39, 0.29) is 16.7 Å². The van der Waals surface area contributed by atoms with E-state index in [0.717, 1.165) is 4.31 Å². The normalized spacial score (nSPS) is 11.6. The Kier molecular flexibility index (Phi) is 5.99. The molecule has 0 atom stereocenters. The van der Waals surface area contributed by atoms with E-state index in [1.54, 1.807) is 31.2 Å². The molecule has 1 heterocycles. The van der Waals surface area contributed by atoms with Crippen LogP contribution >= 0.6 is 0 Å². The Labute approximate surface area is 175 Å². The van der Waals surface area contributed by atoms with Gasteiger partial charge in [-0.05, 0) is 36.8 Å². The third kappa shape index (κ3) is 3.83. The van der Waals surface area contributed by atoms with Crippen molar-refractivity contribution in [2.45, 2.75) is 11.8 Å². The van der Waals surface area contributed by atoms with Gasteiger partial charge in [-0.15, -0.1) is 10.2 Å². The summed E-state index contributed by atoms with van der Waals surface area (Å²) in [5.74, 6) is 1.75. The van der Waals surface area contributed by atoms with E-state index in [1.807, 2.05) is 0 Å². The fourth-order valence-corrected chi connectivity index (χ4v) is 4.01. The zero-order valence-electron chi connectivity index (χ0n) is 17.6. The molecule has 1 aromatic heterocycles. The summed E-state index contributed by atoms with van der Waals surface area (Å²) in [5.41, 5.74) is 1.68. The van der Waals surface area contributed by atoms with Gasteiger partial charge in [0.2, 0.25) is 27.6 Å². The molecule has 0 amide bonds. The summed E-state index contributed by atoms with van der Waals surface area (Å²) in [4.78, 5) is 0.178. The number of sulfonamides is 1. The molecule has 9 nitrogen and oxygen atoms in total. The topological polar surface area (TPSA) is 104 Å². The molecular weight excluding hydrogens is 410 g/mol. The number of ether oxygens (including phenoxy) is 3. The maximum Gasteiger partial charge on any atom is 0.248 e. The minimum absolute atomic E-state index is 0.178. The van der Waals surface area contributed by atoms with Crippen molar-refractivity contribution in [1.82, 2.24) is 14.5 Å². The van der Waals surface area contributed by atoms with Crippen molar-refractivity contribution in [2.24, 2.45) is 0 Å². The number of benzene rings is 2. The third-order valence-corrected chi connectivity index (χ3v) is 6.49. The number of rotatable bonds is 7. The SMILES string of the molecule is COc1cc(-c2nnc(-c3ccc(C)c(S(=O)(=O)N(C)C)c3)o2)cc(OC)c1OC. The number of aromatic nitrogens is 2. The van der Waals surface area contributed by atoms with Crippen molar-refractivity contribution < 1.29 is 27.0 Å². The molecule has 0 fully saturated rings. The average molecular weight is 433 g/mol. The molecular formula is C20H23N3O6S. The van der Waals surface area contributed by atoms with Crippen LogP contribution in [0.15, 0.2) is 39.6 Å². The van der Waals surface area contributed by atoms with Gasteiger partial charge in [0.1, 0.15) is 0 Å². The van der Waals surface area contributed by atoms with Crippen molar-refractivity contribution in [3.63, 3.8) is 0 Å². The maximum atomic E-state index is 12.6. The van der Waals surface area contributed by atoms with E-state index < -0.39 is 10.0 Å². The molecule has 0 spiro atoms. The maximum absolute atomic E-state index is 12.6. The van der Waals surface area contributed by atoms with Gasteiger partial charge in [0.25, 0.3) is 0 Å². The van der Waals surface area contributed by atoms with Crippen molar-refractivity contribution in [3.05, 3.63) is 35.9 Å². The lowest BCUT2D eigenvalue weighted by Gasteiger charge is -2.14. The summed E-state index contributed by atoms with van der Waals surface area (Å²) in [6.45, 7) is 1.73. The molecule has 3 aromatic rings. The fraction of sp³-hybridized carbons (Fsp3) is 0.300. The Morgan fingerprint density at radius 1 is 0.867 bits per heavy atom. The van der Waals surface area contributed by atoms with Gasteiger partial charge in [-0.3, -0.25) is 0 Å². The predicted octanol–water partition coefficient (Wildman–Crippen LogP) is 2.99. The van der Waals surface area contributed by atoms with Crippen LogP contribution in [0.3, 0.4) is 0 Å². The van der Waals surface area contributed by atoms with Gasteiger partial charge in [-0.25, -0.2) is 12.7 Å². The molecule has 0 aliphatic heterocycles. The van der Waals surface area contributed by atoms with E-state index >= 15 is 0 Å². The minimum atomic E-state index is -3.61. The van der Waals surface area contributed by atoms with Crippen LogP contribution in [-0.4, -0.2) is 58.3 Å². The average Bonchev–Trinajstić information content (AvgIpc) is 3.22. The van der Waals surface area contributed by atoms with Crippen LogP contribution < -0.4 is 14.2 Å². The van der Waals surface area contributed by atoms with Gasteiger partial charge in [0.05, 0.1) is 26.2 Å². The number of hydrogen-bond acceptors (Lipinski definition) is 8.